The van der Waals surface area contributed by atoms with Crippen molar-refractivity contribution in [3.63, 3.8) is 0 Å². The van der Waals surface area contributed by atoms with Crippen LogP contribution in [-0.4, -0.2) is 67.1 Å². The number of hydrogen-bond acceptors (Lipinski definition) is 5. The predicted octanol–water partition coefficient (Wildman–Crippen LogP) is 0.0440. The average molecular weight is 292 g/mol. The van der Waals surface area contributed by atoms with Crippen LogP contribution in [0.15, 0.2) is 12.1 Å². The van der Waals surface area contributed by atoms with Gasteiger partial charge in [0.1, 0.15) is 5.75 Å². The van der Waals surface area contributed by atoms with Crippen molar-refractivity contribution >= 4 is 5.91 Å². The molecule has 6 heteroatoms. The molecule has 1 aromatic heterocycles. The fourth-order valence-corrected chi connectivity index (χ4v) is 2.33. The lowest BCUT2D eigenvalue weighted by molar-refractivity contribution is -0.134. The van der Waals surface area contributed by atoms with Gasteiger partial charge in [-0.05, 0) is 32.6 Å². The van der Waals surface area contributed by atoms with Gasteiger partial charge in [0.25, 0.3) is 5.91 Å². The van der Waals surface area contributed by atoms with Crippen molar-refractivity contribution in [3.8, 4) is 5.75 Å². The minimum atomic E-state index is 0.0300. The molecule has 1 saturated heterocycles. The number of carbonyl (C=O) groups excluding carboxylic acids is 1. The lowest BCUT2D eigenvalue weighted by Crippen LogP contribution is -2.48. The van der Waals surface area contributed by atoms with Crippen LogP contribution < -0.4 is 10.5 Å². The van der Waals surface area contributed by atoms with Crippen LogP contribution in [0.4, 0.5) is 0 Å². The molecule has 0 radical (unpaired) electrons. The molecular weight excluding hydrogens is 268 g/mol. The van der Waals surface area contributed by atoms with Crippen molar-refractivity contribution in [3.05, 3.63) is 23.5 Å². The van der Waals surface area contributed by atoms with Crippen molar-refractivity contribution in [1.82, 2.24) is 14.8 Å². The topological polar surface area (TPSA) is 71.7 Å². The van der Waals surface area contributed by atoms with E-state index in [1.165, 1.54) is 0 Å². The Bertz CT molecular complexity index is 485. The minimum absolute atomic E-state index is 0.0300. The second-order valence-electron chi connectivity index (χ2n) is 5.41. The highest BCUT2D eigenvalue weighted by molar-refractivity contribution is 5.77. The summed E-state index contributed by atoms with van der Waals surface area (Å²) >= 11 is 0. The molecule has 2 N–H and O–H groups in total. The largest absolute Gasteiger partial charge is 0.482 e. The van der Waals surface area contributed by atoms with Gasteiger partial charge < -0.3 is 20.3 Å². The summed E-state index contributed by atoms with van der Waals surface area (Å²) < 4.78 is 5.66. The summed E-state index contributed by atoms with van der Waals surface area (Å²) in [5.74, 6) is 0.691. The quantitative estimate of drug-likeness (QED) is 0.830. The van der Waals surface area contributed by atoms with Gasteiger partial charge in [-0.15, -0.1) is 0 Å². The van der Waals surface area contributed by atoms with Crippen molar-refractivity contribution < 1.29 is 9.53 Å². The van der Waals surface area contributed by atoms with Crippen LogP contribution >= 0.6 is 0 Å². The standard InChI is InChI=1S/C15H24N4O2/c1-12-3-4-14(13(17-12)5-6-16)21-11-15(20)19-9-7-18(2)8-10-19/h3-4H,5-11,16H2,1-2H3. The van der Waals surface area contributed by atoms with Crippen LogP contribution in [0.3, 0.4) is 0 Å². The molecule has 116 valence electrons. The third-order valence-corrected chi connectivity index (χ3v) is 3.66. The zero-order valence-corrected chi connectivity index (χ0v) is 12.8. The zero-order valence-electron chi connectivity index (χ0n) is 12.8. The highest BCUT2D eigenvalue weighted by atomic mass is 16.5. The number of piperazine rings is 1. The molecule has 0 saturated carbocycles. The smallest absolute Gasteiger partial charge is 0.260 e. The first-order valence-corrected chi connectivity index (χ1v) is 7.36. The third kappa shape index (κ3) is 4.41. The number of pyridine rings is 1. The third-order valence-electron chi connectivity index (χ3n) is 3.66. The predicted molar refractivity (Wildman–Crippen MR) is 81.3 cm³/mol. The number of likely N-dealkylation sites (N-methyl/N-ethyl adjacent to an activating group) is 1. The van der Waals surface area contributed by atoms with Gasteiger partial charge in [0.05, 0.1) is 5.69 Å². The Hall–Kier alpha value is -1.66. The van der Waals surface area contributed by atoms with E-state index in [0.717, 1.165) is 37.6 Å². The normalized spacial score (nSPS) is 16.0. The van der Waals surface area contributed by atoms with Crippen LogP contribution in [0.5, 0.6) is 5.75 Å². The lowest BCUT2D eigenvalue weighted by atomic mass is 10.2. The van der Waals surface area contributed by atoms with Crippen LogP contribution in [0.25, 0.3) is 0 Å². The molecule has 21 heavy (non-hydrogen) atoms. The maximum atomic E-state index is 12.2. The number of amides is 1. The van der Waals surface area contributed by atoms with E-state index in [0.29, 0.717) is 18.7 Å². The van der Waals surface area contributed by atoms with E-state index >= 15 is 0 Å². The van der Waals surface area contributed by atoms with E-state index < -0.39 is 0 Å². The van der Waals surface area contributed by atoms with Gasteiger partial charge in [0.15, 0.2) is 6.61 Å². The van der Waals surface area contributed by atoms with E-state index in [-0.39, 0.29) is 12.5 Å². The number of nitrogens with two attached hydrogens (primary N) is 1. The highest BCUT2D eigenvalue weighted by Crippen LogP contribution is 2.17. The molecule has 6 nitrogen and oxygen atoms in total. The first-order valence-electron chi connectivity index (χ1n) is 7.36. The zero-order chi connectivity index (χ0) is 15.2. The van der Waals surface area contributed by atoms with E-state index in [1.807, 2.05) is 24.0 Å². The summed E-state index contributed by atoms with van der Waals surface area (Å²) in [6.07, 6.45) is 0.652. The van der Waals surface area contributed by atoms with E-state index in [2.05, 4.69) is 16.9 Å². The van der Waals surface area contributed by atoms with E-state index in [9.17, 15) is 4.79 Å². The van der Waals surface area contributed by atoms with Crippen molar-refractivity contribution in [2.45, 2.75) is 13.3 Å². The summed E-state index contributed by atoms with van der Waals surface area (Å²) in [4.78, 5) is 20.6. The molecule has 0 spiro atoms. The van der Waals surface area contributed by atoms with Crippen molar-refractivity contribution in [2.24, 2.45) is 5.73 Å². The number of hydrogen-bond donors (Lipinski definition) is 1. The molecule has 0 atom stereocenters. The molecule has 1 fully saturated rings. The number of carbonyl (C=O) groups is 1. The second kappa shape index (κ2) is 7.38. The molecule has 0 aliphatic carbocycles. The summed E-state index contributed by atoms with van der Waals surface area (Å²) in [6.45, 7) is 5.86. The Labute approximate surface area is 125 Å². The molecule has 1 aromatic rings. The van der Waals surface area contributed by atoms with Crippen molar-refractivity contribution in [1.29, 1.82) is 0 Å². The Kier molecular flexibility index (Phi) is 5.52. The van der Waals surface area contributed by atoms with Crippen LogP contribution in [0, 0.1) is 6.92 Å². The summed E-state index contributed by atoms with van der Waals surface area (Å²) in [5, 5.41) is 0. The summed E-state index contributed by atoms with van der Waals surface area (Å²) in [5.41, 5.74) is 7.34. The number of aromatic nitrogens is 1. The number of ether oxygens (including phenoxy) is 1. The van der Waals surface area contributed by atoms with Crippen LogP contribution in [-0.2, 0) is 11.2 Å². The molecule has 1 amide bonds. The summed E-state index contributed by atoms with van der Waals surface area (Å²) in [7, 11) is 2.06. The maximum Gasteiger partial charge on any atom is 0.260 e. The Morgan fingerprint density at radius 2 is 2.05 bits per heavy atom. The Balaban J connectivity index is 1.91. The first kappa shape index (κ1) is 15.7. The van der Waals surface area contributed by atoms with Gasteiger partial charge >= 0.3 is 0 Å². The van der Waals surface area contributed by atoms with Crippen LogP contribution in [0.1, 0.15) is 11.4 Å². The number of aryl methyl sites for hydroxylation is 1. The molecule has 2 heterocycles. The van der Waals surface area contributed by atoms with E-state index in [4.69, 9.17) is 10.5 Å². The van der Waals surface area contributed by atoms with Crippen molar-refractivity contribution in [2.75, 3.05) is 46.4 Å². The molecule has 2 rings (SSSR count). The minimum Gasteiger partial charge on any atom is -0.482 e. The molecule has 0 bridgehead atoms. The SMILES string of the molecule is Cc1ccc(OCC(=O)N2CCN(C)CC2)c(CCN)n1. The molecule has 0 unspecified atom stereocenters. The lowest BCUT2D eigenvalue weighted by Gasteiger charge is -2.32. The fourth-order valence-electron chi connectivity index (χ4n) is 2.33. The maximum absolute atomic E-state index is 12.2. The average Bonchev–Trinajstić information content (AvgIpc) is 2.47. The van der Waals surface area contributed by atoms with Crippen LogP contribution in [0.2, 0.25) is 0 Å². The molecule has 0 aromatic carbocycles. The molecular formula is C15H24N4O2. The molecule has 1 aliphatic rings. The Morgan fingerprint density at radius 1 is 1.33 bits per heavy atom. The molecule has 1 aliphatic heterocycles. The fraction of sp³-hybridized carbons (Fsp3) is 0.600. The number of nitrogens with zero attached hydrogens (tertiary/aromatic N) is 3. The second-order valence-corrected chi connectivity index (χ2v) is 5.41. The highest BCUT2D eigenvalue weighted by Gasteiger charge is 2.19. The Morgan fingerprint density at radius 3 is 2.71 bits per heavy atom. The number of rotatable bonds is 5. The van der Waals surface area contributed by atoms with Gasteiger partial charge in [-0.1, -0.05) is 0 Å². The van der Waals surface area contributed by atoms with Gasteiger partial charge in [-0.25, -0.2) is 0 Å². The van der Waals surface area contributed by atoms with Gasteiger partial charge in [0, 0.05) is 38.3 Å². The van der Waals surface area contributed by atoms with Gasteiger partial charge in [-0.3, -0.25) is 9.78 Å². The first-order chi connectivity index (χ1) is 10.1. The van der Waals surface area contributed by atoms with Gasteiger partial charge in [0.2, 0.25) is 0 Å². The summed E-state index contributed by atoms with van der Waals surface area (Å²) in [6, 6.07) is 3.75. The van der Waals surface area contributed by atoms with Gasteiger partial charge in [-0.2, -0.15) is 0 Å². The monoisotopic (exact) mass is 292 g/mol. The van der Waals surface area contributed by atoms with E-state index in [1.54, 1.807) is 0 Å².